The number of nitrogens with one attached hydrogen (secondary N) is 1. The fourth-order valence-electron chi connectivity index (χ4n) is 4.76. The Morgan fingerprint density at radius 3 is 2.62 bits per heavy atom. The SMILES string of the molecule is Cc1cc(C)c2c(CC(=O)N[C@H]3CCO[C@H](CN4CCCC4)[C@H]3O)coc2c1C.O=CO. The average molecular weight is 447 g/mol. The van der Waals surface area contributed by atoms with E-state index < -0.39 is 6.10 Å². The van der Waals surface area contributed by atoms with Crippen molar-refractivity contribution in [1.29, 1.82) is 0 Å². The smallest absolute Gasteiger partial charge is 0.290 e. The first-order valence-corrected chi connectivity index (χ1v) is 11.2. The van der Waals surface area contributed by atoms with Gasteiger partial charge in [0.1, 0.15) is 11.7 Å². The molecule has 4 rings (SSSR count). The molecule has 0 bridgehead atoms. The number of benzene rings is 1. The maximum Gasteiger partial charge on any atom is 0.290 e. The van der Waals surface area contributed by atoms with Crippen molar-refractivity contribution in [3.8, 4) is 0 Å². The molecule has 1 aromatic carbocycles. The van der Waals surface area contributed by atoms with E-state index in [0.29, 0.717) is 13.0 Å². The van der Waals surface area contributed by atoms with E-state index in [1.54, 1.807) is 6.26 Å². The lowest BCUT2D eigenvalue weighted by molar-refractivity contribution is -0.129. The number of furan rings is 1. The lowest BCUT2D eigenvalue weighted by atomic mass is 9.97. The van der Waals surface area contributed by atoms with Crippen LogP contribution in [-0.2, 0) is 20.7 Å². The highest BCUT2D eigenvalue weighted by Gasteiger charge is 2.35. The molecule has 1 aromatic heterocycles. The maximum atomic E-state index is 12.8. The summed E-state index contributed by atoms with van der Waals surface area (Å²) >= 11 is 0. The Balaban J connectivity index is 0.000000913. The zero-order valence-electron chi connectivity index (χ0n) is 19.1. The van der Waals surface area contributed by atoms with Gasteiger partial charge in [0, 0.05) is 24.1 Å². The first-order chi connectivity index (χ1) is 15.3. The molecule has 0 saturated carbocycles. The van der Waals surface area contributed by atoms with Crippen LogP contribution < -0.4 is 5.32 Å². The van der Waals surface area contributed by atoms with Crippen LogP contribution in [0.4, 0.5) is 0 Å². The summed E-state index contributed by atoms with van der Waals surface area (Å²) in [6.45, 7) is 9.34. The zero-order valence-corrected chi connectivity index (χ0v) is 19.1. The van der Waals surface area contributed by atoms with Gasteiger partial charge < -0.3 is 29.6 Å². The average Bonchev–Trinajstić information content (AvgIpc) is 3.40. The predicted octanol–water partition coefficient (Wildman–Crippen LogP) is 2.33. The van der Waals surface area contributed by atoms with E-state index in [1.807, 2.05) is 6.92 Å². The highest BCUT2D eigenvalue weighted by Crippen LogP contribution is 2.30. The number of likely N-dealkylation sites (tertiary alicyclic amines) is 1. The maximum absolute atomic E-state index is 12.8. The van der Waals surface area contributed by atoms with Gasteiger partial charge in [0.2, 0.25) is 5.91 Å². The summed E-state index contributed by atoms with van der Waals surface area (Å²) in [6.07, 6.45) is 4.07. The number of carboxylic acid groups (broad SMARTS) is 1. The van der Waals surface area contributed by atoms with Crippen molar-refractivity contribution in [3.05, 3.63) is 34.6 Å². The number of amides is 1. The van der Waals surface area contributed by atoms with Crippen molar-refractivity contribution < 1.29 is 29.0 Å². The lowest BCUT2D eigenvalue weighted by Crippen LogP contribution is -2.56. The van der Waals surface area contributed by atoms with Crippen molar-refractivity contribution in [3.63, 3.8) is 0 Å². The Morgan fingerprint density at radius 2 is 1.94 bits per heavy atom. The van der Waals surface area contributed by atoms with Crippen molar-refractivity contribution >= 4 is 23.3 Å². The Labute approximate surface area is 188 Å². The van der Waals surface area contributed by atoms with E-state index in [1.165, 1.54) is 18.4 Å². The minimum atomic E-state index is -0.680. The standard InChI is InChI=1S/C23H32N2O4.CH2O2/c1-14-10-15(2)21-17(13-29-23(21)16(14)3)11-20(26)24-18-6-9-28-19(22(18)27)12-25-7-4-5-8-25;2-1-3/h10,13,18-19,22,27H,4-9,11-12H2,1-3H3,(H,24,26);1H,(H,2,3)/t18-,19+,22-;/m0./s1. The number of hydrogen-bond acceptors (Lipinski definition) is 6. The second-order valence-electron chi connectivity index (χ2n) is 8.75. The quantitative estimate of drug-likeness (QED) is 0.604. The van der Waals surface area contributed by atoms with E-state index in [9.17, 15) is 9.90 Å². The highest BCUT2D eigenvalue weighted by atomic mass is 16.5. The van der Waals surface area contributed by atoms with Crippen LogP contribution in [-0.4, -0.2) is 72.0 Å². The summed E-state index contributed by atoms with van der Waals surface area (Å²) in [5, 5.41) is 21.7. The van der Waals surface area contributed by atoms with Gasteiger partial charge in [-0.1, -0.05) is 6.07 Å². The summed E-state index contributed by atoms with van der Waals surface area (Å²) in [4.78, 5) is 23.5. The molecule has 1 amide bonds. The van der Waals surface area contributed by atoms with E-state index in [-0.39, 0.29) is 30.9 Å². The molecule has 3 heterocycles. The second-order valence-corrected chi connectivity index (χ2v) is 8.75. The third kappa shape index (κ3) is 5.49. The molecule has 2 aromatic rings. The molecule has 0 radical (unpaired) electrons. The summed E-state index contributed by atoms with van der Waals surface area (Å²) in [5.74, 6) is -0.0869. The van der Waals surface area contributed by atoms with Crippen molar-refractivity contribution in [1.82, 2.24) is 10.2 Å². The first kappa shape index (κ1) is 24.2. The minimum Gasteiger partial charge on any atom is -0.483 e. The van der Waals surface area contributed by atoms with E-state index in [4.69, 9.17) is 19.1 Å². The molecular weight excluding hydrogens is 412 g/mol. The number of fused-ring (bicyclic) bond motifs is 1. The molecule has 8 heteroatoms. The fourth-order valence-corrected chi connectivity index (χ4v) is 4.76. The number of aliphatic hydroxyl groups excluding tert-OH is 1. The Kier molecular flexibility index (Phi) is 8.28. The minimum absolute atomic E-state index is 0.0869. The van der Waals surface area contributed by atoms with Crippen molar-refractivity contribution in [2.75, 3.05) is 26.2 Å². The van der Waals surface area contributed by atoms with Crippen LogP contribution >= 0.6 is 0 Å². The molecule has 176 valence electrons. The van der Waals surface area contributed by atoms with Gasteiger partial charge in [-0.05, 0) is 69.8 Å². The molecule has 3 N–H and O–H groups in total. The van der Waals surface area contributed by atoms with Crippen LogP contribution in [0.25, 0.3) is 11.0 Å². The van der Waals surface area contributed by atoms with Crippen molar-refractivity contribution in [2.45, 2.75) is 64.7 Å². The van der Waals surface area contributed by atoms with Gasteiger partial charge in [0.25, 0.3) is 6.47 Å². The van der Waals surface area contributed by atoms with Crippen molar-refractivity contribution in [2.24, 2.45) is 0 Å². The molecule has 8 nitrogen and oxygen atoms in total. The predicted molar refractivity (Wildman–Crippen MR) is 121 cm³/mol. The summed E-state index contributed by atoms with van der Waals surface area (Å²) in [5.41, 5.74) is 5.18. The molecule has 0 aliphatic carbocycles. The van der Waals surface area contributed by atoms with Gasteiger partial charge in [-0.15, -0.1) is 0 Å². The van der Waals surface area contributed by atoms with E-state index >= 15 is 0 Å². The van der Waals surface area contributed by atoms with Gasteiger partial charge in [-0.25, -0.2) is 0 Å². The molecule has 3 atom stereocenters. The number of hydrogen-bond donors (Lipinski definition) is 3. The number of aliphatic hydroxyl groups is 1. The fraction of sp³-hybridized carbons (Fsp3) is 0.583. The zero-order chi connectivity index (χ0) is 23.3. The number of carbonyl (C=O) groups excluding carboxylic acids is 1. The molecule has 2 saturated heterocycles. The molecule has 2 aliphatic rings. The molecule has 32 heavy (non-hydrogen) atoms. The molecule has 0 spiro atoms. The summed E-state index contributed by atoms with van der Waals surface area (Å²) < 4.78 is 11.6. The van der Waals surface area contributed by atoms with Crippen LogP contribution in [0.5, 0.6) is 0 Å². The Bertz CT molecular complexity index is 934. The van der Waals surface area contributed by atoms with Crippen LogP contribution in [0.2, 0.25) is 0 Å². The van der Waals surface area contributed by atoms with Crippen LogP contribution in [0.15, 0.2) is 16.7 Å². The van der Waals surface area contributed by atoms with Gasteiger partial charge >= 0.3 is 0 Å². The van der Waals surface area contributed by atoms with Crippen LogP contribution in [0, 0.1) is 20.8 Å². The second kappa shape index (κ2) is 10.9. The number of carbonyl (C=O) groups is 2. The van der Waals surface area contributed by atoms with Gasteiger partial charge in [0.05, 0.1) is 24.8 Å². The molecular formula is C24H34N2O6. The van der Waals surface area contributed by atoms with Gasteiger partial charge in [-0.2, -0.15) is 0 Å². The number of ether oxygens (including phenoxy) is 1. The van der Waals surface area contributed by atoms with Gasteiger partial charge in [-0.3, -0.25) is 9.59 Å². The number of rotatable bonds is 5. The topological polar surface area (TPSA) is 112 Å². The van der Waals surface area contributed by atoms with E-state index in [2.05, 4.69) is 30.1 Å². The van der Waals surface area contributed by atoms with Gasteiger partial charge in [0.15, 0.2) is 0 Å². The molecule has 0 unspecified atom stereocenters. The molecule has 2 aliphatic heterocycles. The number of nitrogens with zero attached hydrogens (tertiary/aromatic N) is 1. The van der Waals surface area contributed by atoms with Crippen LogP contribution in [0.1, 0.15) is 41.5 Å². The third-order valence-corrected chi connectivity index (χ3v) is 6.51. The molecule has 2 fully saturated rings. The summed E-state index contributed by atoms with van der Waals surface area (Å²) in [7, 11) is 0. The highest BCUT2D eigenvalue weighted by molar-refractivity contribution is 5.92. The Hall–Kier alpha value is -2.42. The van der Waals surface area contributed by atoms with E-state index in [0.717, 1.165) is 47.3 Å². The first-order valence-electron chi connectivity index (χ1n) is 11.2. The summed E-state index contributed by atoms with van der Waals surface area (Å²) in [6, 6.07) is 1.87. The lowest BCUT2D eigenvalue weighted by Gasteiger charge is -2.37. The Morgan fingerprint density at radius 1 is 1.25 bits per heavy atom. The monoisotopic (exact) mass is 446 g/mol. The number of aryl methyl sites for hydroxylation is 3. The normalized spacial score (nSPS) is 23.6. The van der Waals surface area contributed by atoms with Crippen LogP contribution in [0.3, 0.4) is 0 Å². The third-order valence-electron chi connectivity index (χ3n) is 6.51. The largest absolute Gasteiger partial charge is 0.483 e.